The van der Waals surface area contributed by atoms with E-state index in [0.29, 0.717) is 13.1 Å². The van der Waals surface area contributed by atoms with E-state index < -0.39 is 29.8 Å². The number of carbonyl (C=O) groups is 3. The fourth-order valence-corrected chi connectivity index (χ4v) is 5.51. The van der Waals surface area contributed by atoms with E-state index in [9.17, 15) is 27.6 Å². The molecule has 3 N–H and O–H groups in total. The molecule has 1 aliphatic carbocycles. The van der Waals surface area contributed by atoms with Crippen LogP contribution in [0.25, 0.3) is 17.2 Å². The first-order valence-electron chi connectivity index (χ1n) is 12.8. The zero-order chi connectivity index (χ0) is 30.6. The average molecular weight is 616 g/mol. The highest BCUT2D eigenvalue weighted by Crippen LogP contribution is 2.45. The molecule has 3 amide bonds. The molecule has 2 fully saturated rings. The van der Waals surface area contributed by atoms with Gasteiger partial charge in [0.1, 0.15) is 0 Å². The van der Waals surface area contributed by atoms with E-state index in [4.69, 9.17) is 16.7 Å². The van der Waals surface area contributed by atoms with Gasteiger partial charge in [0.05, 0.1) is 28.0 Å². The largest absolute Gasteiger partial charge is 0.465 e. The maximum absolute atomic E-state index is 13.9. The number of hydrogen-bond acceptors (Lipinski definition) is 7. The summed E-state index contributed by atoms with van der Waals surface area (Å²) in [6, 6.07) is 5.61. The van der Waals surface area contributed by atoms with Crippen LogP contribution in [0.1, 0.15) is 26.7 Å². The Hall–Kier alpha value is -4.99. The third-order valence-electron chi connectivity index (χ3n) is 7.44. The number of carbonyl (C=O) groups excluding carboxylic acids is 2. The van der Waals surface area contributed by atoms with Gasteiger partial charge in [0, 0.05) is 62.3 Å². The summed E-state index contributed by atoms with van der Waals surface area (Å²) in [5.74, 6) is -1.30. The number of anilines is 1. The van der Waals surface area contributed by atoms with Crippen LogP contribution in [-0.4, -0.2) is 76.3 Å². The second-order valence-corrected chi connectivity index (χ2v) is 10.5. The standard InChI is InChI=1S/C26H21ClF3N9O4/c1-37-18(16-11-39(24-31-5-2-6-32-24)36-20(16)26(28,29)30)8-33-21(37)23(41)34-12-3-4-13(17(27)7-12)22(40)35-19-14-9-38(25(42)43)10-15(14)19/h2-8,11,14-15,19H,9-10H2,1H3,(H,34,41)(H,35,40)(H,42,43)/t14-,15+,19-. The van der Waals surface area contributed by atoms with Crippen molar-refractivity contribution in [3.63, 3.8) is 0 Å². The molecule has 0 spiro atoms. The number of alkyl halides is 3. The molecule has 3 atom stereocenters. The van der Waals surface area contributed by atoms with Gasteiger partial charge in [-0.3, -0.25) is 9.59 Å². The Bertz CT molecular complexity index is 1750. The molecule has 1 aromatic carbocycles. The predicted molar refractivity (Wildman–Crippen MR) is 144 cm³/mol. The van der Waals surface area contributed by atoms with E-state index in [-0.39, 0.29) is 57.2 Å². The zero-order valence-electron chi connectivity index (χ0n) is 22.1. The first-order chi connectivity index (χ1) is 20.4. The first kappa shape index (κ1) is 28.1. The van der Waals surface area contributed by atoms with Crippen molar-refractivity contribution in [2.75, 3.05) is 18.4 Å². The SMILES string of the molecule is Cn1c(-c2cn(-c3ncccn3)nc2C(F)(F)F)cnc1C(=O)Nc1ccc(C(=O)N[C@@H]2[C@@H]3CN(C(=O)O)C[C@@H]32)c(Cl)c1. The first-order valence-corrected chi connectivity index (χ1v) is 13.2. The second-order valence-electron chi connectivity index (χ2n) is 10.1. The second kappa shape index (κ2) is 10.4. The molecule has 6 rings (SSSR count). The summed E-state index contributed by atoms with van der Waals surface area (Å²) in [6.07, 6.45) is -0.840. The number of piperidine rings is 1. The highest BCUT2D eigenvalue weighted by atomic mass is 35.5. The van der Waals surface area contributed by atoms with Gasteiger partial charge in [0.2, 0.25) is 5.95 Å². The molecule has 222 valence electrons. The van der Waals surface area contributed by atoms with Crippen LogP contribution in [0.2, 0.25) is 5.02 Å². The molecule has 13 nitrogen and oxygen atoms in total. The van der Waals surface area contributed by atoms with Crippen LogP contribution >= 0.6 is 11.6 Å². The lowest BCUT2D eigenvalue weighted by Crippen LogP contribution is -2.36. The van der Waals surface area contributed by atoms with Crippen LogP contribution in [-0.2, 0) is 13.2 Å². The van der Waals surface area contributed by atoms with Gasteiger partial charge in [-0.25, -0.2) is 24.4 Å². The van der Waals surface area contributed by atoms with Crippen molar-refractivity contribution in [1.82, 2.24) is 39.5 Å². The Morgan fingerprint density at radius 1 is 1.07 bits per heavy atom. The molecule has 0 bridgehead atoms. The molecule has 0 unspecified atom stereocenters. The Labute approximate surface area is 245 Å². The van der Waals surface area contributed by atoms with Crippen LogP contribution in [0.15, 0.2) is 49.1 Å². The molecule has 4 aromatic rings. The van der Waals surface area contributed by atoms with Crippen molar-refractivity contribution in [2.45, 2.75) is 12.2 Å². The maximum Gasteiger partial charge on any atom is 0.435 e. The summed E-state index contributed by atoms with van der Waals surface area (Å²) in [6.45, 7) is 0.722. The molecule has 3 aromatic heterocycles. The average Bonchev–Trinajstić information content (AvgIpc) is 3.40. The molecule has 17 heteroatoms. The topological polar surface area (TPSA) is 160 Å². The molecule has 1 saturated carbocycles. The van der Waals surface area contributed by atoms with Crippen molar-refractivity contribution in [3.8, 4) is 17.2 Å². The van der Waals surface area contributed by atoms with Gasteiger partial charge in [-0.1, -0.05) is 11.6 Å². The van der Waals surface area contributed by atoms with Crippen LogP contribution < -0.4 is 10.6 Å². The van der Waals surface area contributed by atoms with Crippen molar-refractivity contribution in [1.29, 1.82) is 0 Å². The van der Waals surface area contributed by atoms with Crippen LogP contribution in [0.5, 0.6) is 0 Å². The van der Waals surface area contributed by atoms with E-state index in [1.54, 1.807) is 0 Å². The number of likely N-dealkylation sites (tertiary alicyclic amines) is 1. The Kier molecular flexibility index (Phi) is 6.79. The monoisotopic (exact) mass is 615 g/mol. The summed E-state index contributed by atoms with van der Waals surface area (Å²) in [5.41, 5.74) is -1.17. The number of imidazole rings is 1. The molecule has 2 aliphatic rings. The number of nitrogens with zero attached hydrogens (tertiary/aromatic N) is 7. The normalized spacial score (nSPS) is 19.2. The molecule has 4 heterocycles. The van der Waals surface area contributed by atoms with Gasteiger partial charge in [-0.05, 0) is 24.3 Å². The van der Waals surface area contributed by atoms with E-state index in [2.05, 4.69) is 30.7 Å². The summed E-state index contributed by atoms with van der Waals surface area (Å²) < 4.78 is 43.7. The number of fused-ring (bicyclic) bond motifs is 1. The summed E-state index contributed by atoms with van der Waals surface area (Å²) in [7, 11) is 1.39. The minimum Gasteiger partial charge on any atom is -0.465 e. The molecular weight excluding hydrogens is 595 g/mol. The summed E-state index contributed by atoms with van der Waals surface area (Å²) >= 11 is 6.33. The highest BCUT2D eigenvalue weighted by Gasteiger charge is 2.57. The fraction of sp³-hybridized carbons (Fsp3) is 0.269. The minimum absolute atomic E-state index is 0.0268. The molecule has 1 aliphatic heterocycles. The highest BCUT2D eigenvalue weighted by molar-refractivity contribution is 6.34. The molecule has 43 heavy (non-hydrogen) atoms. The Morgan fingerprint density at radius 3 is 2.40 bits per heavy atom. The number of benzene rings is 1. The van der Waals surface area contributed by atoms with E-state index in [0.717, 1.165) is 17.1 Å². The smallest absolute Gasteiger partial charge is 0.435 e. The van der Waals surface area contributed by atoms with Crippen LogP contribution in [0.3, 0.4) is 0 Å². The van der Waals surface area contributed by atoms with Crippen LogP contribution in [0.4, 0.5) is 23.7 Å². The van der Waals surface area contributed by atoms with Gasteiger partial charge in [0.25, 0.3) is 11.8 Å². The Morgan fingerprint density at radius 2 is 1.77 bits per heavy atom. The van der Waals surface area contributed by atoms with Gasteiger partial charge < -0.3 is 25.2 Å². The number of aromatic nitrogens is 6. The molecule has 0 radical (unpaired) electrons. The summed E-state index contributed by atoms with van der Waals surface area (Å²) in [4.78, 5) is 50.1. The zero-order valence-corrected chi connectivity index (χ0v) is 22.8. The maximum atomic E-state index is 13.9. The van der Waals surface area contributed by atoms with Gasteiger partial charge in [-0.2, -0.15) is 18.3 Å². The van der Waals surface area contributed by atoms with Crippen molar-refractivity contribution >= 4 is 35.2 Å². The third kappa shape index (κ3) is 5.24. The van der Waals surface area contributed by atoms with Gasteiger partial charge in [0.15, 0.2) is 11.5 Å². The van der Waals surface area contributed by atoms with Gasteiger partial charge in [-0.15, -0.1) is 0 Å². The van der Waals surface area contributed by atoms with Crippen molar-refractivity contribution in [2.24, 2.45) is 18.9 Å². The number of rotatable bonds is 6. The lowest BCUT2D eigenvalue weighted by molar-refractivity contribution is -0.140. The predicted octanol–water partition coefficient (Wildman–Crippen LogP) is 3.33. The number of amides is 3. The number of nitrogens with one attached hydrogen (secondary N) is 2. The van der Waals surface area contributed by atoms with Crippen molar-refractivity contribution in [3.05, 3.63) is 71.2 Å². The minimum atomic E-state index is -4.82. The fourth-order valence-electron chi connectivity index (χ4n) is 5.24. The molecule has 1 saturated heterocycles. The third-order valence-corrected chi connectivity index (χ3v) is 7.75. The molecular formula is C26H21ClF3N9O4. The number of carboxylic acid groups (broad SMARTS) is 1. The lowest BCUT2D eigenvalue weighted by atomic mass is 10.2. The van der Waals surface area contributed by atoms with E-state index in [1.807, 2.05) is 0 Å². The van der Waals surface area contributed by atoms with Crippen molar-refractivity contribution < 1.29 is 32.7 Å². The number of halogens is 4. The Balaban J connectivity index is 1.16. The van der Waals surface area contributed by atoms with Gasteiger partial charge >= 0.3 is 12.3 Å². The van der Waals surface area contributed by atoms with Crippen LogP contribution in [0, 0.1) is 11.8 Å². The number of hydrogen-bond donors (Lipinski definition) is 3. The summed E-state index contributed by atoms with van der Waals surface area (Å²) in [5, 5.41) is 18.2. The van der Waals surface area contributed by atoms with E-state index in [1.165, 1.54) is 53.2 Å². The quantitative estimate of drug-likeness (QED) is 0.298. The lowest BCUT2D eigenvalue weighted by Gasteiger charge is -2.16. The van der Waals surface area contributed by atoms with E-state index >= 15 is 0 Å².